The van der Waals surface area contributed by atoms with Gasteiger partial charge in [-0.05, 0) is 5.56 Å². The largest absolute Gasteiger partial charge is 0.481 e. The maximum absolute atomic E-state index is 12.7. The second-order valence-corrected chi connectivity index (χ2v) is 6.39. The quantitative estimate of drug-likeness (QED) is 0.664. The fourth-order valence-electron chi connectivity index (χ4n) is 2.60. The highest BCUT2D eigenvalue weighted by atomic mass is 16.4. The molecule has 6 heteroatoms. The number of carboxylic acids is 1. The summed E-state index contributed by atoms with van der Waals surface area (Å²) in [6, 6.07) is 9.54. The maximum Gasteiger partial charge on any atom is 0.308 e. The van der Waals surface area contributed by atoms with Crippen molar-refractivity contribution in [2.45, 2.75) is 44.8 Å². The molecule has 0 saturated heterocycles. The molecular weight excluding hydrogens is 318 g/mol. The van der Waals surface area contributed by atoms with Crippen LogP contribution >= 0.6 is 0 Å². The third kappa shape index (κ3) is 5.71. The first-order valence-corrected chi connectivity index (χ1v) is 8.38. The van der Waals surface area contributed by atoms with E-state index in [4.69, 9.17) is 11.5 Å². The summed E-state index contributed by atoms with van der Waals surface area (Å²) in [5, 5.41) is 17.2. The predicted octanol–water partition coefficient (Wildman–Crippen LogP) is 3.09. The summed E-state index contributed by atoms with van der Waals surface area (Å²) in [7, 11) is 0. The number of amides is 1. The van der Waals surface area contributed by atoms with Gasteiger partial charge in [0.25, 0.3) is 0 Å². The van der Waals surface area contributed by atoms with Gasteiger partial charge in [0.2, 0.25) is 5.91 Å². The molecule has 1 N–H and O–H groups in total. The number of hydrogen-bond acceptors (Lipinski definition) is 4. The molecule has 1 atom stereocenters. The first-order valence-electron chi connectivity index (χ1n) is 8.38. The molecule has 1 amide bonds. The molecular formula is C19H23N3O3. The highest BCUT2D eigenvalue weighted by molar-refractivity contribution is 5.77. The number of nitrogens with zero attached hydrogens (tertiary/aromatic N) is 3. The van der Waals surface area contributed by atoms with Crippen LogP contribution in [-0.4, -0.2) is 34.1 Å². The Hall–Kier alpha value is -2.68. The molecule has 0 aliphatic carbocycles. The summed E-state index contributed by atoms with van der Waals surface area (Å²) in [5.41, 5.74) is 0.468. The zero-order valence-electron chi connectivity index (χ0n) is 14.4. The molecule has 0 spiro atoms. The third-order valence-corrected chi connectivity index (χ3v) is 4.28. The number of benzene rings is 1. The monoisotopic (exact) mass is 341 g/mol. The number of terminal acetylenes is 1. The smallest absolute Gasteiger partial charge is 0.308 e. The molecule has 2 rings (SSSR count). The average Bonchev–Trinajstić information content (AvgIpc) is 3.38. The molecule has 0 aromatic heterocycles. The van der Waals surface area contributed by atoms with Gasteiger partial charge < -0.3 is 10.0 Å². The Kier molecular flexibility index (Phi) is 6.29. The van der Waals surface area contributed by atoms with Crippen LogP contribution in [0, 0.1) is 18.3 Å². The van der Waals surface area contributed by atoms with E-state index >= 15 is 0 Å². The lowest BCUT2D eigenvalue weighted by Crippen LogP contribution is -2.37. The number of rotatable bonds is 10. The minimum Gasteiger partial charge on any atom is -0.481 e. The number of hydrogen-bond donors (Lipinski definition) is 1. The number of carboxylic acid groups (broad SMARTS) is 1. The SMILES string of the molecule is C#CCCC1(CCC(=O)N(Cc2ccccc2)CC(C)C(=O)O)N=N1. The molecule has 0 fully saturated rings. The summed E-state index contributed by atoms with van der Waals surface area (Å²) in [5.74, 6) is 0.936. The van der Waals surface area contributed by atoms with Gasteiger partial charge in [0.1, 0.15) is 0 Å². The van der Waals surface area contributed by atoms with E-state index in [9.17, 15) is 9.59 Å². The standard InChI is InChI=1S/C19H23N3O3/c1-3-4-11-19(20-21-19)12-10-17(23)22(13-15(2)18(24)25)14-16-8-6-5-7-9-16/h1,5-9,15H,4,10-14H2,2H3,(H,24,25). The van der Waals surface area contributed by atoms with Crippen molar-refractivity contribution in [3.8, 4) is 12.3 Å². The number of carbonyl (C=O) groups is 2. The third-order valence-electron chi connectivity index (χ3n) is 4.28. The lowest BCUT2D eigenvalue weighted by molar-refractivity contribution is -0.143. The van der Waals surface area contributed by atoms with Gasteiger partial charge in [-0.2, -0.15) is 10.2 Å². The molecule has 1 unspecified atom stereocenters. The Morgan fingerprint density at radius 3 is 2.52 bits per heavy atom. The van der Waals surface area contributed by atoms with E-state index in [0.29, 0.717) is 25.8 Å². The summed E-state index contributed by atoms with van der Waals surface area (Å²) in [6.07, 6.45) is 7.29. The molecule has 1 aromatic rings. The molecule has 1 aliphatic heterocycles. The van der Waals surface area contributed by atoms with Gasteiger partial charge in [-0.1, -0.05) is 37.3 Å². The molecule has 132 valence electrons. The van der Waals surface area contributed by atoms with E-state index in [1.165, 1.54) is 0 Å². The van der Waals surface area contributed by atoms with Gasteiger partial charge in [-0.25, -0.2) is 0 Å². The van der Waals surface area contributed by atoms with Gasteiger partial charge in [0.05, 0.1) is 5.92 Å². The summed E-state index contributed by atoms with van der Waals surface area (Å²) >= 11 is 0. The molecule has 25 heavy (non-hydrogen) atoms. The van der Waals surface area contributed by atoms with Gasteiger partial charge in [-0.3, -0.25) is 9.59 Å². The van der Waals surface area contributed by atoms with Crippen LogP contribution < -0.4 is 0 Å². The number of carbonyl (C=O) groups excluding carboxylic acids is 1. The van der Waals surface area contributed by atoms with Crippen molar-refractivity contribution in [1.82, 2.24) is 4.90 Å². The fourth-order valence-corrected chi connectivity index (χ4v) is 2.60. The molecule has 0 saturated carbocycles. The summed E-state index contributed by atoms with van der Waals surface area (Å²) < 4.78 is 0. The number of aliphatic carboxylic acids is 1. The first-order chi connectivity index (χ1) is 12.0. The van der Waals surface area contributed by atoms with Gasteiger partial charge in [-0.15, -0.1) is 12.3 Å². The van der Waals surface area contributed by atoms with E-state index in [1.54, 1.807) is 11.8 Å². The van der Waals surface area contributed by atoms with Crippen molar-refractivity contribution in [2.75, 3.05) is 6.54 Å². The van der Waals surface area contributed by atoms with Crippen molar-refractivity contribution in [3.63, 3.8) is 0 Å². The maximum atomic E-state index is 12.7. The van der Waals surface area contributed by atoms with E-state index in [1.807, 2.05) is 30.3 Å². The second-order valence-electron chi connectivity index (χ2n) is 6.39. The lowest BCUT2D eigenvalue weighted by atomic mass is 10.0. The fraction of sp³-hybridized carbons (Fsp3) is 0.474. The van der Waals surface area contributed by atoms with Crippen molar-refractivity contribution in [2.24, 2.45) is 16.1 Å². The van der Waals surface area contributed by atoms with Crippen molar-refractivity contribution >= 4 is 11.9 Å². The molecule has 1 aromatic carbocycles. The van der Waals surface area contributed by atoms with Crippen LogP contribution in [0.3, 0.4) is 0 Å². The Bertz CT molecular complexity index is 673. The lowest BCUT2D eigenvalue weighted by Gasteiger charge is -2.25. The van der Waals surface area contributed by atoms with Crippen molar-refractivity contribution in [1.29, 1.82) is 0 Å². The van der Waals surface area contributed by atoms with E-state index in [0.717, 1.165) is 5.56 Å². The zero-order valence-corrected chi connectivity index (χ0v) is 14.4. The van der Waals surface area contributed by atoms with Crippen LogP contribution in [0.4, 0.5) is 0 Å². The second kappa shape index (κ2) is 8.43. The van der Waals surface area contributed by atoms with Crippen LogP contribution in [-0.2, 0) is 16.1 Å². The van der Waals surface area contributed by atoms with E-state index < -0.39 is 17.6 Å². The Balaban J connectivity index is 1.97. The Labute approximate surface area is 147 Å². The van der Waals surface area contributed by atoms with Gasteiger partial charge >= 0.3 is 5.97 Å². The highest BCUT2D eigenvalue weighted by Gasteiger charge is 2.39. The predicted molar refractivity (Wildman–Crippen MR) is 93.5 cm³/mol. The van der Waals surface area contributed by atoms with Crippen LogP contribution in [0.25, 0.3) is 0 Å². The highest BCUT2D eigenvalue weighted by Crippen LogP contribution is 2.37. The van der Waals surface area contributed by atoms with E-state index in [-0.39, 0.29) is 18.9 Å². The summed E-state index contributed by atoms with van der Waals surface area (Å²) in [6.45, 7) is 2.17. The Morgan fingerprint density at radius 1 is 1.28 bits per heavy atom. The zero-order chi connectivity index (χ0) is 18.3. The minimum atomic E-state index is -0.913. The van der Waals surface area contributed by atoms with E-state index in [2.05, 4.69) is 16.1 Å². The topological polar surface area (TPSA) is 82.3 Å². The molecule has 1 aliphatic rings. The van der Waals surface area contributed by atoms with Crippen LogP contribution in [0.2, 0.25) is 0 Å². The van der Waals surface area contributed by atoms with Crippen molar-refractivity contribution < 1.29 is 14.7 Å². The molecule has 1 heterocycles. The van der Waals surface area contributed by atoms with Gasteiger partial charge in [0, 0.05) is 38.8 Å². The first kappa shape index (κ1) is 18.7. The van der Waals surface area contributed by atoms with Crippen LogP contribution in [0.15, 0.2) is 40.6 Å². The average molecular weight is 341 g/mol. The summed E-state index contributed by atoms with van der Waals surface area (Å²) in [4.78, 5) is 25.4. The Morgan fingerprint density at radius 2 is 1.96 bits per heavy atom. The molecule has 6 nitrogen and oxygen atoms in total. The van der Waals surface area contributed by atoms with Gasteiger partial charge in [0.15, 0.2) is 5.66 Å². The van der Waals surface area contributed by atoms with Crippen LogP contribution in [0.1, 0.15) is 38.2 Å². The van der Waals surface area contributed by atoms with Crippen molar-refractivity contribution in [3.05, 3.63) is 35.9 Å². The normalized spacial score (nSPS) is 15.2. The minimum absolute atomic E-state index is 0.0886. The van der Waals surface area contributed by atoms with Crippen LogP contribution in [0.5, 0.6) is 0 Å². The molecule has 0 bridgehead atoms. The molecule has 0 radical (unpaired) electrons.